The van der Waals surface area contributed by atoms with Crippen molar-refractivity contribution >= 4 is 22.0 Å². The van der Waals surface area contributed by atoms with Crippen molar-refractivity contribution in [3.8, 4) is 5.75 Å². The van der Waals surface area contributed by atoms with Crippen LogP contribution in [0.4, 0.5) is 5.69 Å². The second kappa shape index (κ2) is 6.81. The molecule has 0 aliphatic rings. The van der Waals surface area contributed by atoms with E-state index in [0.717, 1.165) is 0 Å². The molecule has 0 aliphatic carbocycles. The molecule has 1 rings (SSSR count). The van der Waals surface area contributed by atoms with Crippen molar-refractivity contribution in [2.75, 3.05) is 11.9 Å². The summed E-state index contributed by atoms with van der Waals surface area (Å²) in [5, 5.41) is 19.9. The van der Waals surface area contributed by atoms with Crippen molar-refractivity contribution in [1.29, 1.82) is 0 Å². The minimum absolute atomic E-state index is 0.0145. The third-order valence-corrected chi connectivity index (χ3v) is 1.32. The Morgan fingerprint density at radius 3 is 2.12 bits per heavy atom. The number of hydrogen-bond acceptors (Lipinski definition) is 5. The smallest absolute Gasteiger partial charge is 0.394 e. The Bertz CT molecular complexity index is 463. The second-order valence-electron chi connectivity index (χ2n) is 2.67. The summed E-state index contributed by atoms with van der Waals surface area (Å²) in [4.78, 5) is 10.7. The number of aliphatic hydroxyl groups is 1. The lowest BCUT2D eigenvalue weighted by Crippen LogP contribution is -2.15. The first-order chi connectivity index (χ1) is 7.74. The fourth-order valence-corrected chi connectivity index (χ4v) is 0.769. The number of benzene rings is 1. The van der Waals surface area contributed by atoms with Crippen molar-refractivity contribution in [2.24, 2.45) is 0 Å². The van der Waals surface area contributed by atoms with E-state index in [1.807, 2.05) is 0 Å². The topological polar surface area (TPSA) is 144 Å². The second-order valence-corrected chi connectivity index (χ2v) is 3.57. The normalized spacial score (nSPS) is 10.1. The third-order valence-electron chi connectivity index (χ3n) is 1.32. The molecule has 1 aromatic carbocycles. The van der Waals surface area contributed by atoms with Crippen LogP contribution in [0.1, 0.15) is 0 Å². The Morgan fingerprint density at radius 1 is 1.24 bits per heavy atom. The lowest BCUT2D eigenvalue weighted by molar-refractivity contribution is -0.118. The molecule has 5 N–H and O–H groups in total. The quantitative estimate of drug-likeness (QED) is 0.363. The molecule has 96 valence electrons. The molecule has 0 aromatic heterocycles. The van der Waals surface area contributed by atoms with Gasteiger partial charge in [-0.1, -0.05) is 12.1 Å². The minimum Gasteiger partial charge on any atom is -0.506 e. The molecule has 9 heteroatoms. The summed E-state index contributed by atoms with van der Waals surface area (Å²) in [5.74, 6) is -0.559. The predicted octanol–water partition coefficient (Wildman–Crippen LogP) is -0.330. The average molecular weight is 265 g/mol. The van der Waals surface area contributed by atoms with Crippen LogP contribution in [0.5, 0.6) is 5.75 Å². The lowest BCUT2D eigenvalue weighted by atomic mass is 10.3. The number of nitrogens with one attached hydrogen (secondary N) is 1. The van der Waals surface area contributed by atoms with Gasteiger partial charge in [-0.3, -0.25) is 13.9 Å². The van der Waals surface area contributed by atoms with Crippen molar-refractivity contribution in [1.82, 2.24) is 0 Å². The van der Waals surface area contributed by atoms with Gasteiger partial charge in [0.2, 0.25) is 5.91 Å². The van der Waals surface area contributed by atoms with Crippen molar-refractivity contribution < 1.29 is 32.5 Å². The van der Waals surface area contributed by atoms with Crippen LogP contribution < -0.4 is 5.32 Å². The van der Waals surface area contributed by atoms with Crippen LogP contribution in [-0.4, -0.2) is 40.3 Å². The summed E-state index contributed by atoms with van der Waals surface area (Å²) in [6.45, 7) is -0.589. The van der Waals surface area contributed by atoms with Gasteiger partial charge in [0.15, 0.2) is 0 Å². The number of amides is 1. The molecule has 0 saturated carbocycles. The van der Waals surface area contributed by atoms with Crippen LogP contribution in [0.2, 0.25) is 0 Å². The number of phenolic OH excluding ortho intramolecular Hbond substituents is 1. The minimum atomic E-state index is -4.67. The maximum atomic E-state index is 10.7. The summed E-state index contributed by atoms with van der Waals surface area (Å²) < 4.78 is 31.6. The molecule has 0 fully saturated rings. The summed E-state index contributed by atoms with van der Waals surface area (Å²) >= 11 is 0. The van der Waals surface area contributed by atoms with Crippen LogP contribution in [0.15, 0.2) is 24.3 Å². The lowest BCUT2D eigenvalue weighted by Gasteiger charge is -2.03. The Kier molecular flexibility index (Phi) is 6.13. The standard InChI is InChI=1S/C8H9NO3.H2O4S/c10-5-8(12)9-6-3-1-2-4-7(6)11;1-5(2,3)4/h1-4,10-11H,5H2,(H,9,12);(H2,1,2,3,4). The molecule has 0 bridgehead atoms. The number of rotatable bonds is 2. The van der Waals surface area contributed by atoms with Gasteiger partial charge < -0.3 is 15.5 Å². The fraction of sp³-hybridized carbons (Fsp3) is 0.125. The highest BCUT2D eigenvalue weighted by Crippen LogP contribution is 2.20. The van der Waals surface area contributed by atoms with Crippen LogP contribution in [0.3, 0.4) is 0 Å². The zero-order valence-electron chi connectivity index (χ0n) is 8.44. The molecule has 0 heterocycles. The number of anilines is 1. The highest BCUT2D eigenvalue weighted by Gasteiger charge is 2.02. The van der Waals surface area contributed by atoms with Gasteiger partial charge in [-0.15, -0.1) is 0 Å². The van der Waals surface area contributed by atoms with Crippen LogP contribution in [0.25, 0.3) is 0 Å². The molecule has 8 nitrogen and oxygen atoms in total. The van der Waals surface area contributed by atoms with Gasteiger partial charge >= 0.3 is 10.4 Å². The summed E-state index contributed by atoms with van der Waals surface area (Å²) in [7, 11) is -4.67. The summed E-state index contributed by atoms with van der Waals surface area (Å²) in [6.07, 6.45) is 0. The number of aliphatic hydroxyl groups excluding tert-OH is 1. The van der Waals surface area contributed by atoms with Crippen LogP contribution in [-0.2, 0) is 15.2 Å². The monoisotopic (exact) mass is 265 g/mol. The predicted molar refractivity (Wildman–Crippen MR) is 58.0 cm³/mol. The molecular weight excluding hydrogens is 254 g/mol. The number of carbonyl (C=O) groups excluding carboxylic acids is 1. The van der Waals surface area contributed by atoms with E-state index in [9.17, 15) is 4.79 Å². The Balaban J connectivity index is 0.000000437. The van der Waals surface area contributed by atoms with Gasteiger partial charge in [0.1, 0.15) is 12.4 Å². The Labute approximate surface area is 97.1 Å². The first kappa shape index (κ1) is 15.3. The zero-order chi connectivity index (χ0) is 13.5. The molecule has 0 aliphatic heterocycles. The molecule has 0 unspecified atom stereocenters. The van der Waals surface area contributed by atoms with Gasteiger partial charge in [-0.2, -0.15) is 8.42 Å². The summed E-state index contributed by atoms with van der Waals surface area (Å²) in [6, 6.07) is 6.31. The first-order valence-electron chi connectivity index (χ1n) is 4.12. The average Bonchev–Trinajstić information content (AvgIpc) is 2.19. The van der Waals surface area contributed by atoms with Crippen molar-refractivity contribution in [2.45, 2.75) is 0 Å². The molecule has 0 atom stereocenters. The number of phenols is 1. The number of carbonyl (C=O) groups is 1. The number of aromatic hydroxyl groups is 1. The van der Waals surface area contributed by atoms with Gasteiger partial charge in [-0.05, 0) is 12.1 Å². The Morgan fingerprint density at radius 2 is 1.71 bits per heavy atom. The van der Waals surface area contributed by atoms with E-state index in [-0.39, 0.29) is 5.75 Å². The van der Waals surface area contributed by atoms with Crippen molar-refractivity contribution in [3.05, 3.63) is 24.3 Å². The third kappa shape index (κ3) is 9.26. The van der Waals surface area contributed by atoms with E-state index in [2.05, 4.69) is 5.32 Å². The highest BCUT2D eigenvalue weighted by molar-refractivity contribution is 7.79. The highest BCUT2D eigenvalue weighted by atomic mass is 32.3. The molecule has 1 amide bonds. The molecule has 0 spiro atoms. The van der Waals surface area contributed by atoms with E-state index < -0.39 is 22.9 Å². The van der Waals surface area contributed by atoms with E-state index in [1.165, 1.54) is 6.07 Å². The van der Waals surface area contributed by atoms with Crippen LogP contribution in [0, 0.1) is 0 Å². The maximum Gasteiger partial charge on any atom is 0.394 e. The van der Waals surface area contributed by atoms with Gasteiger partial charge in [-0.25, -0.2) is 0 Å². The fourth-order valence-electron chi connectivity index (χ4n) is 0.769. The number of para-hydroxylation sites is 2. The van der Waals surface area contributed by atoms with E-state index in [4.69, 9.17) is 27.7 Å². The zero-order valence-corrected chi connectivity index (χ0v) is 9.25. The van der Waals surface area contributed by atoms with Crippen LogP contribution >= 0.6 is 0 Å². The van der Waals surface area contributed by atoms with Crippen molar-refractivity contribution in [3.63, 3.8) is 0 Å². The number of hydrogen-bond donors (Lipinski definition) is 5. The van der Waals surface area contributed by atoms with E-state index >= 15 is 0 Å². The molecule has 1 aromatic rings. The van der Waals surface area contributed by atoms with Gasteiger partial charge in [0.25, 0.3) is 0 Å². The SMILES string of the molecule is O=C(CO)Nc1ccccc1O.O=S(=O)(O)O. The first-order valence-corrected chi connectivity index (χ1v) is 5.52. The maximum absolute atomic E-state index is 10.7. The molecule has 17 heavy (non-hydrogen) atoms. The molecule has 0 radical (unpaired) electrons. The Hall–Kier alpha value is -1.68. The molecular formula is C8H11NO7S. The van der Waals surface area contributed by atoms with E-state index in [1.54, 1.807) is 18.2 Å². The van der Waals surface area contributed by atoms with Gasteiger partial charge in [0, 0.05) is 0 Å². The van der Waals surface area contributed by atoms with E-state index in [0.29, 0.717) is 5.69 Å². The largest absolute Gasteiger partial charge is 0.506 e. The molecule has 0 saturated heterocycles. The van der Waals surface area contributed by atoms with Gasteiger partial charge in [0.05, 0.1) is 5.69 Å². The summed E-state index contributed by atoms with van der Waals surface area (Å²) in [5.41, 5.74) is 0.302.